The normalized spacial score (nSPS) is 10.8. The summed E-state index contributed by atoms with van der Waals surface area (Å²) in [7, 11) is 1.64. The Kier molecular flexibility index (Phi) is 5.76. The number of carbonyl (C=O) groups is 1. The number of nitrogens with zero attached hydrogens (tertiary/aromatic N) is 2. The van der Waals surface area contributed by atoms with Crippen molar-refractivity contribution in [2.45, 2.75) is 13.3 Å². The molecule has 1 amide bonds. The largest absolute Gasteiger partial charge is 0.496 e. The third-order valence-electron chi connectivity index (χ3n) is 3.74. The van der Waals surface area contributed by atoms with Gasteiger partial charge < -0.3 is 4.74 Å². The van der Waals surface area contributed by atoms with E-state index in [0.29, 0.717) is 0 Å². The lowest BCUT2D eigenvalue weighted by Gasteiger charge is -2.04. The molecule has 0 aliphatic heterocycles. The minimum absolute atomic E-state index is 0.197. The second-order valence-electron chi connectivity index (χ2n) is 5.71. The van der Waals surface area contributed by atoms with Gasteiger partial charge in [0.05, 0.1) is 25.4 Å². The van der Waals surface area contributed by atoms with Gasteiger partial charge in [-0.25, -0.2) is 10.4 Å². The van der Waals surface area contributed by atoms with E-state index in [-0.39, 0.29) is 12.3 Å². The van der Waals surface area contributed by atoms with Gasteiger partial charge in [0.2, 0.25) is 5.91 Å². The lowest BCUT2D eigenvalue weighted by molar-refractivity contribution is -0.120. The molecule has 0 atom stereocenters. The molecule has 0 fully saturated rings. The predicted molar refractivity (Wildman–Crippen MR) is 105 cm³/mol. The molecule has 0 radical (unpaired) electrons. The van der Waals surface area contributed by atoms with E-state index in [4.69, 9.17) is 4.74 Å². The summed E-state index contributed by atoms with van der Waals surface area (Å²) in [6.45, 7) is 1.96. The van der Waals surface area contributed by atoms with Crippen molar-refractivity contribution in [2.24, 2.45) is 5.10 Å². The number of amides is 1. The van der Waals surface area contributed by atoms with Crippen molar-refractivity contribution in [3.8, 4) is 16.3 Å². The van der Waals surface area contributed by atoms with Gasteiger partial charge in [0.25, 0.3) is 0 Å². The summed E-state index contributed by atoms with van der Waals surface area (Å²) in [5.41, 5.74) is 6.24. The number of benzene rings is 2. The van der Waals surface area contributed by atoms with Gasteiger partial charge in [0, 0.05) is 10.9 Å². The summed E-state index contributed by atoms with van der Waals surface area (Å²) < 4.78 is 5.22. The number of hydrogen-bond acceptors (Lipinski definition) is 5. The zero-order valence-corrected chi connectivity index (χ0v) is 15.4. The van der Waals surface area contributed by atoms with Crippen molar-refractivity contribution in [1.82, 2.24) is 10.4 Å². The van der Waals surface area contributed by atoms with Gasteiger partial charge >= 0.3 is 0 Å². The first-order valence-corrected chi connectivity index (χ1v) is 9.00. The van der Waals surface area contributed by atoms with Crippen molar-refractivity contribution < 1.29 is 9.53 Å². The van der Waals surface area contributed by atoms with Crippen LogP contribution in [-0.4, -0.2) is 24.2 Å². The SMILES string of the molecule is COc1ccc(/C=N/NC(=O)Cc2csc(-c3ccccc3)n2)cc1C. The van der Waals surface area contributed by atoms with Crippen molar-refractivity contribution in [1.29, 1.82) is 0 Å². The van der Waals surface area contributed by atoms with Gasteiger partial charge in [-0.1, -0.05) is 30.3 Å². The van der Waals surface area contributed by atoms with Crippen LogP contribution in [0, 0.1) is 6.92 Å². The lowest BCUT2D eigenvalue weighted by atomic mass is 10.1. The molecule has 1 aromatic heterocycles. The molecule has 0 saturated heterocycles. The molecule has 132 valence electrons. The van der Waals surface area contributed by atoms with Gasteiger partial charge in [0.1, 0.15) is 10.8 Å². The Balaban J connectivity index is 1.56. The fraction of sp³-hybridized carbons (Fsp3) is 0.150. The zero-order valence-electron chi connectivity index (χ0n) is 14.6. The van der Waals surface area contributed by atoms with Crippen LogP contribution in [0.5, 0.6) is 5.75 Å². The molecule has 1 heterocycles. The summed E-state index contributed by atoms with van der Waals surface area (Å²) in [5, 5.41) is 6.82. The first kappa shape index (κ1) is 17.8. The van der Waals surface area contributed by atoms with E-state index in [2.05, 4.69) is 15.5 Å². The Morgan fingerprint density at radius 2 is 2.08 bits per heavy atom. The number of aromatic nitrogens is 1. The van der Waals surface area contributed by atoms with E-state index >= 15 is 0 Å². The van der Waals surface area contributed by atoms with Crippen molar-refractivity contribution in [2.75, 3.05) is 7.11 Å². The highest BCUT2D eigenvalue weighted by Crippen LogP contribution is 2.23. The Morgan fingerprint density at radius 1 is 1.27 bits per heavy atom. The number of carbonyl (C=O) groups excluding carboxylic acids is 1. The summed E-state index contributed by atoms with van der Waals surface area (Å²) in [6.07, 6.45) is 1.81. The quantitative estimate of drug-likeness (QED) is 0.533. The van der Waals surface area contributed by atoms with Gasteiger partial charge in [0.15, 0.2) is 0 Å². The van der Waals surface area contributed by atoms with Crippen molar-refractivity contribution in [3.63, 3.8) is 0 Å². The standard InChI is InChI=1S/C20H19N3O2S/c1-14-10-15(8-9-18(14)25-2)12-21-23-19(24)11-17-13-26-20(22-17)16-6-4-3-5-7-16/h3-10,12-13H,11H2,1-2H3,(H,23,24)/b21-12+. The van der Waals surface area contributed by atoms with Gasteiger partial charge in [-0.05, 0) is 36.2 Å². The van der Waals surface area contributed by atoms with Crippen LogP contribution in [-0.2, 0) is 11.2 Å². The molecule has 5 nitrogen and oxygen atoms in total. The average Bonchev–Trinajstić information content (AvgIpc) is 3.11. The van der Waals surface area contributed by atoms with Crippen molar-refractivity contribution in [3.05, 3.63) is 70.7 Å². The van der Waals surface area contributed by atoms with Crippen LogP contribution in [0.2, 0.25) is 0 Å². The summed E-state index contributed by atoms with van der Waals surface area (Å²) in [4.78, 5) is 16.5. The fourth-order valence-electron chi connectivity index (χ4n) is 2.47. The Labute approximate surface area is 156 Å². The van der Waals surface area contributed by atoms with Crippen molar-refractivity contribution >= 4 is 23.5 Å². The molecule has 0 spiro atoms. The first-order valence-electron chi connectivity index (χ1n) is 8.12. The summed E-state index contributed by atoms with van der Waals surface area (Å²) >= 11 is 1.53. The van der Waals surface area contributed by atoms with Crippen LogP contribution in [0.3, 0.4) is 0 Å². The van der Waals surface area contributed by atoms with E-state index in [1.54, 1.807) is 13.3 Å². The molecular formula is C20H19N3O2S. The minimum Gasteiger partial charge on any atom is -0.496 e. The minimum atomic E-state index is -0.198. The zero-order chi connectivity index (χ0) is 18.4. The van der Waals surface area contributed by atoms with Crippen LogP contribution in [0.25, 0.3) is 10.6 Å². The molecule has 0 saturated carbocycles. The highest BCUT2D eigenvalue weighted by atomic mass is 32.1. The van der Waals surface area contributed by atoms with Crippen LogP contribution < -0.4 is 10.2 Å². The van der Waals surface area contributed by atoms with Crippen LogP contribution >= 0.6 is 11.3 Å². The number of thiazole rings is 1. The molecule has 0 aliphatic carbocycles. The second-order valence-corrected chi connectivity index (χ2v) is 6.57. The maximum Gasteiger partial charge on any atom is 0.246 e. The number of ether oxygens (including phenoxy) is 1. The molecule has 3 rings (SSSR count). The maximum atomic E-state index is 12.0. The van der Waals surface area contributed by atoms with Gasteiger partial charge in [-0.2, -0.15) is 5.10 Å². The van der Waals surface area contributed by atoms with E-state index in [1.165, 1.54) is 11.3 Å². The second kappa shape index (κ2) is 8.40. The van der Waals surface area contributed by atoms with Gasteiger partial charge in [-0.3, -0.25) is 4.79 Å². The lowest BCUT2D eigenvalue weighted by Crippen LogP contribution is -2.19. The number of hydrogen-bond donors (Lipinski definition) is 1. The third-order valence-corrected chi connectivity index (χ3v) is 4.68. The highest BCUT2D eigenvalue weighted by Gasteiger charge is 2.08. The molecule has 6 heteroatoms. The number of methoxy groups -OCH3 is 1. The Bertz CT molecular complexity index is 920. The van der Waals surface area contributed by atoms with Gasteiger partial charge in [-0.15, -0.1) is 11.3 Å². The Morgan fingerprint density at radius 3 is 2.81 bits per heavy atom. The molecule has 1 N–H and O–H groups in total. The molecule has 0 aliphatic rings. The number of hydrazone groups is 1. The topological polar surface area (TPSA) is 63.6 Å². The Hall–Kier alpha value is -2.99. The van der Waals surface area contributed by atoms with Crippen LogP contribution in [0.4, 0.5) is 0 Å². The molecular weight excluding hydrogens is 346 g/mol. The number of rotatable bonds is 6. The van der Waals surface area contributed by atoms with Crippen LogP contribution in [0.15, 0.2) is 59.0 Å². The smallest absolute Gasteiger partial charge is 0.246 e. The highest BCUT2D eigenvalue weighted by molar-refractivity contribution is 7.13. The summed E-state index contributed by atoms with van der Waals surface area (Å²) in [5.74, 6) is 0.625. The first-order chi connectivity index (χ1) is 12.7. The van der Waals surface area contributed by atoms with E-state index < -0.39 is 0 Å². The van der Waals surface area contributed by atoms with E-state index in [9.17, 15) is 4.79 Å². The predicted octanol–water partition coefficient (Wildman–Crippen LogP) is 3.82. The van der Waals surface area contributed by atoms with E-state index in [0.717, 1.165) is 33.1 Å². The number of nitrogens with one attached hydrogen (secondary N) is 1. The fourth-order valence-corrected chi connectivity index (χ4v) is 3.29. The molecule has 3 aromatic rings. The van der Waals surface area contributed by atoms with Crippen LogP contribution in [0.1, 0.15) is 16.8 Å². The van der Waals surface area contributed by atoms with E-state index in [1.807, 2.05) is 60.8 Å². The maximum absolute atomic E-state index is 12.0. The summed E-state index contributed by atoms with van der Waals surface area (Å²) in [6, 6.07) is 15.6. The number of aryl methyl sites for hydroxylation is 1. The average molecular weight is 365 g/mol. The molecule has 0 bridgehead atoms. The molecule has 2 aromatic carbocycles. The molecule has 26 heavy (non-hydrogen) atoms. The monoisotopic (exact) mass is 365 g/mol. The molecule has 0 unspecified atom stereocenters. The third kappa shape index (κ3) is 4.55.